The van der Waals surface area contributed by atoms with Crippen LogP contribution < -0.4 is 10.1 Å². The van der Waals surface area contributed by atoms with Gasteiger partial charge < -0.3 is 19.7 Å². The molecule has 0 aliphatic carbocycles. The van der Waals surface area contributed by atoms with Gasteiger partial charge in [-0.1, -0.05) is 6.92 Å². The standard InChI is InChI=1S/C28H42N4O6S/c1-5-14-31-18-23-26(29-28(34)27(23)30(4)19-31)22-17-21(9-10-24(22)37-6-2)39(35,36)32-15-12-20(13-16-32)8-11-25(33)38-7-3/h9-10,17,20,26H,5-8,11-16,18-19H2,1-4H3,(H,29,34). The molecular formula is C28H42N4O6S. The van der Waals surface area contributed by atoms with Crippen LogP contribution in [-0.4, -0.2) is 87.5 Å². The van der Waals surface area contributed by atoms with E-state index in [1.807, 2.05) is 18.9 Å². The number of likely N-dealkylation sites (N-methyl/N-ethyl adjacent to an activating group) is 1. The molecule has 1 atom stereocenters. The van der Waals surface area contributed by atoms with Crippen molar-refractivity contribution in [1.82, 2.24) is 19.4 Å². The van der Waals surface area contributed by atoms with E-state index in [4.69, 9.17) is 9.47 Å². The van der Waals surface area contributed by atoms with Crippen LogP contribution in [0.1, 0.15) is 64.5 Å². The molecule has 1 N–H and O–H groups in total. The number of nitrogens with one attached hydrogen (secondary N) is 1. The number of esters is 1. The van der Waals surface area contributed by atoms with E-state index in [0.29, 0.717) is 88.1 Å². The van der Waals surface area contributed by atoms with Gasteiger partial charge in [0.05, 0.1) is 30.8 Å². The molecule has 1 amide bonds. The molecule has 3 heterocycles. The fourth-order valence-electron chi connectivity index (χ4n) is 5.89. The van der Waals surface area contributed by atoms with Gasteiger partial charge in [0.2, 0.25) is 10.0 Å². The first-order chi connectivity index (χ1) is 18.7. The van der Waals surface area contributed by atoms with Gasteiger partial charge in [-0.2, -0.15) is 4.31 Å². The molecule has 4 rings (SSSR count). The number of nitrogens with zero attached hydrogens (tertiary/aromatic N) is 3. The lowest BCUT2D eigenvalue weighted by molar-refractivity contribution is -0.143. The highest BCUT2D eigenvalue weighted by Gasteiger charge is 2.40. The topological polar surface area (TPSA) is 108 Å². The van der Waals surface area contributed by atoms with Gasteiger partial charge in [0, 0.05) is 38.7 Å². The molecule has 39 heavy (non-hydrogen) atoms. The third-order valence-corrected chi connectivity index (χ3v) is 9.63. The average molecular weight is 563 g/mol. The third-order valence-electron chi connectivity index (χ3n) is 7.74. The number of carbonyl (C=O) groups is 2. The summed E-state index contributed by atoms with van der Waals surface area (Å²) in [5, 5.41) is 3.09. The van der Waals surface area contributed by atoms with Crippen molar-refractivity contribution in [2.45, 2.75) is 63.8 Å². The average Bonchev–Trinajstić information content (AvgIpc) is 3.24. The summed E-state index contributed by atoms with van der Waals surface area (Å²) in [4.78, 5) is 29.2. The van der Waals surface area contributed by atoms with Crippen molar-refractivity contribution < 1.29 is 27.5 Å². The lowest BCUT2D eigenvalue weighted by Crippen LogP contribution is -2.43. The van der Waals surface area contributed by atoms with Crippen molar-refractivity contribution in [3.63, 3.8) is 0 Å². The fourth-order valence-corrected chi connectivity index (χ4v) is 7.39. The second-order valence-electron chi connectivity index (χ2n) is 10.5. The van der Waals surface area contributed by atoms with Gasteiger partial charge >= 0.3 is 5.97 Å². The molecule has 0 aromatic heterocycles. The van der Waals surface area contributed by atoms with E-state index in [0.717, 1.165) is 18.5 Å². The number of carbonyl (C=O) groups excluding carboxylic acids is 2. The highest BCUT2D eigenvalue weighted by atomic mass is 32.2. The van der Waals surface area contributed by atoms with Crippen LogP contribution in [0.25, 0.3) is 0 Å². The number of benzene rings is 1. The van der Waals surface area contributed by atoms with Crippen LogP contribution >= 0.6 is 0 Å². The molecule has 1 aromatic rings. The Balaban J connectivity index is 1.56. The van der Waals surface area contributed by atoms with Crippen molar-refractivity contribution >= 4 is 21.9 Å². The van der Waals surface area contributed by atoms with E-state index in [1.165, 1.54) is 4.31 Å². The Bertz CT molecular complexity index is 1190. The second kappa shape index (κ2) is 12.7. The van der Waals surface area contributed by atoms with Gasteiger partial charge in [-0.05, 0) is 75.8 Å². The Labute approximate surface area is 232 Å². The number of ether oxygens (including phenoxy) is 2. The molecule has 0 saturated carbocycles. The first-order valence-electron chi connectivity index (χ1n) is 14.1. The summed E-state index contributed by atoms with van der Waals surface area (Å²) < 4.78 is 39.9. The minimum atomic E-state index is -3.75. The normalized spacial score (nSPS) is 21.2. The van der Waals surface area contributed by atoms with E-state index in [2.05, 4.69) is 17.1 Å². The zero-order valence-corrected chi connectivity index (χ0v) is 24.4. The Hall–Kier alpha value is -2.63. The number of piperidine rings is 1. The highest BCUT2D eigenvalue weighted by Crippen LogP contribution is 2.40. The molecule has 3 aliphatic heterocycles. The Morgan fingerprint density at radius 1 is 1.13 bits per heavy atom. The summed E-state index contributed by atoms with van der Waals surface area (Å²) in [6, 6.07) is 4.52. The van der Waals surface area contributed by atoms with E-state index >= 15 is 0 Å². The molecule has 10 nitrogen and oxygen atoms in total. The Morgan fingerprint density at radius 2 is 1.87 bits per heavy atom. The van der Waals surface area contributed by atoms with Gasteiger partial charge in [0.15, 0.2) is 0 Å². The van der Waals surface area contributed by atoms with Crippen LogP contribution in [0.5, 0.6) is 5.75 Å². The summed E-state index contributed by atoms with van der Waals surface area (Å²) in [7, 11) is -1.83. The van der Waals surface area contributed by atoms with Crippen molar-refractivity contribution in [3.05, 3.63) is 35.0 Å². The highest BCUT2D eigenvalue weighted by molar-refractivity contribution is 7.89. The minimum Gasteiger partial charge on any atom is -0.494 e. The van der Waals surface area contributed by atoms with E-state index in [9.17, 15) is 18.0 Å². The molecule has 1 saturated heterocycles. The van der Waals surface area contributed by atoms with E-state index in [-0.39, 0.29) is 16.8 Å². The summed E-state index contributed by atoms with van der Waals surface area (Å²) >= 11 is 0. The summed E-state index contributed by atoms with van der Waals surface area (Å²) in [6.45, 7) is 9.63. The van der Waals surface area contributed by atoms with Crippen LogP contribution in [0.3, 0.4) is 0 Å². The van der Waals surface area contributed by atoms with Crippen LogP contribution in [-0.2, 0) is 24.3 Å². The first-order valence-corrected chi connectivity index (χ1v) is 15.5. The lowest BCUT2D eigenvalue weighted by Gasteiger charge is -2.35. The van der Waals surface area contributed by atoms with Gasteiger partial charge in [-0.3, -0.25) is 14.5 Å². The second-order valence-corrected chi connectivity index (χ2v) is 12.4. The summed E-state index contributed by atoms with van der Waals surface area (Å²) in [5.74, 6) is 0.525. The van der Waals surface area contributed by atoms with E-state index in [1.54, 1.807) is 25.1 Å². The molecule has 3 aliphatic rings. The van der Waals surface area contributed by atoms with E-state index < -0.39 is 16.1 Å². The number of rotatable bonds is 11. The van der Waals surface area contributed by atoms with Crippen LogP contribution in [0.2, 0.25) is 0 Å². The fraction of sp³-hybridized carbons (Fsp3) is 0.643. The zero-order valence-electron chi connectivity index (χ0n) is 23.6. The van der Waals surface area contributed by atoms with Crippen molar-refractivity contribution in [3.8, 4) is 5.75 Å². The Kier molecular flexibility index (Phi) is 9.56. The molecule has 1 unspecified atom stereocenters. The molecule has 0 radical (unpaired) electrons. The number of amides is 1. The zero-order chi connectivity index (χ0) is 28.2. The number of sulfonamides is 1. The summed E-state index contributed by atoms with van der Waals surface area (Å²) in [6.07, 6.45) is 3.49. The molecular weight excluding hydrogens is 520 g/mol. The third kappa shape index (κ3) is 6.41. The van der Waals surface area contributed by atoms with Gasteiger partial charge in [0.1, 0.15) is 11.4 Å². The quantitative estimate of drug-likeness (QED) is 0.410. The van der Waals surface area contributed by atoms with Crippen LogP contribution in [0.15, 0.2) is 34.4 Å². The van der Waals surface area contributed by atoms with Crippen LogP contribution in [0, 0.1) is 5.92 Å². The van der Waals surface area contributed by atoms with Crippen molar-refractivity contribution in [1.29, 1.82) is 0 Å². The molecule has 0 bridgehead atoms. The minimum absolute atomic E-state index is 0.144. The van der Waals surface area contributed by atoms with Gasteiger partial charge in [0.25, 0.3) is 5.91 Å². The number of hydrogen-bond acceptors (Lipinski definition) is 8. The predicted octanol–water partition coefficient (Wildman–Crippen LogP) is 2.87. The maximum absolute atomic E-state index is 13.7. The monoisotopic (exact) mass is 562 g/mol. The molecule has 1 aromatic carbocycles. The molecule has 0 spiro atoms. The smallest absolute Gasteiger partial charge is 0.305 e. The van der Waals surface area contributed by atoms with Crippen molar-refractivity contribution in [2.24, 2.45) is 5.92 Å². The van der Waals surface area contributed by atoms with Gasteiger partial charge in [-0.15, -0.1) is 0 Å². The van der Waals surface area contributed by atoms with Crippen molar-refractivity contribution in [2.75, 3.05) is 53.1 Å². The number of hydrogen-bond donors (Lipinski definition) is 1. The SMILES string of the molecule is CCCN1CC2=C(C(=O)NC2c2cc(S(=O)(=O)N3CCC(CCC(=O)OCC)CC3)ccc2OCC)N(C)C1. The van der Waals surface area contributed by atoms with Gasteiger partial charge in [-0.25, -0.2) is 8.42 Å². The van der Waals surface area contributed by atoms with Crippen LogP contribution in [0.4, 0.5) is 0 Å². The molecule has 216 valence electrons. The predicted molar refractivity (Wildman–Crippen MR) is 147 cm³/mol. The first kappa shape index (κ1) is 29.4. The molecule has 1 fully saturated rings. The molecule has 11 heteroatoms. The summed E-state index contributed by atoms with van der Waals surface area (Å²) in [5.41, 5.74) is 2.26. The largest absolute Gasteiger partial charge is 0.494 e. The lowest BCUT2D eigenvalue weighted by atomic mass is 9.93. The maximum atomic E-state index is 13.7. The Morgan fingerprint density at radius 3 is 2.54 bits per heavy atom. The maximum Gasteiger partial charge on any atom is 0.305 e.